The van der Waals surface area contributed by atoms with Crippen molar-refractivity contribution in [1.29, 1.82) is 0 Å². The van der Waals surface area contributed by atoms with E-state index in [4.69, 9.17) is 4.42 Å². The van der Waals surface area contributed by atoms with Gasteiger partial charge in [0, 0.05) is 14.1 Å². The Morgan fingerprint density at radius 1 is 1.16 bits per heavy atom. The molecule has 1 aliphatic carbocycles. The van der Waals surface area contributed by atoms with Gasteiger partial charge >= 0.3 is 0 Å². The van der Waals surface area contributed by atoms with E-state index >= 15 is 0 Å². The number of phenolic OH excluding ortho intramolecular Hbond substituents is 1. The SMILES string of the molecule is CC(C)c1coc([C@H](Nc2c(Nc3cccc(C(=O)N(C)C)c3O)c(=O)c2=O)C2CC2)c1. The molecule has 1 aromatic heterocycles. The van der Waals surface area contributed by atoms with Gasteiger partial charge in [0.1, 0.15) is 17.1 Å². The third kappa shape index (κ3) is 3.88. The maximum atomic E-state index is 12.4. The van der Waals surface area contributed by atoms with E-state index < -0.39 is 10.9 Å². The van der Waals surface area contributed by atoms with E-state index in [2.05, 4.69) is 24.5 Å². The second-order valence-electron chi connectivity index (χ2n) is 8.83. The highest BCUT2D eigenvalue weighted by molar-refractivity contribution is 5.99. The fourth-order valence-electron chi connectivity index (χ4n) is 3.68. The molecule has 1 aliphatic rings. The number of benzene rings is 1. The second kappa shape index (κ2) is 8.18. The highest BCUT2D eigenvalue weighted by atomic mass is 16.3. The Balaban J connectivity index is 1.62. The van der Waals surface area contributed by atoms with Crippen molar-refractivity contribution in [1.82, 2.24) is 4.90 Å². The predicted octanol–water partition coefficient (Wildman–Crippen LogP) is 3.71. The maximum Gasteiger partial charge on any atom is 0.257 e. The number of nitrogens with one attached hydrogen (secondary N) is 2. The van der Waals surface area contributed by atoms with Crippen LogP contribution in [0, 0.1) is 5.92 Å². The lowest BCUT2D eigenvalue weighted by Crippen LogP contribution is -2.37. The van der Waals surface area contributed by atoms with Crippen LogP contribution in [-0.2, 0) is 0 Å². The second-order valence-corrected chi connectivity index (χ2v) is 8.83. The van der Waals surface area contributed by atoms with E-state index in [0.717, 1.165) is 24.2 Å². The van der Waals surface area contributed by atoms with Crippen LogP contribution in [0.4, 0.5) is 17.1 Å². The van der Waals surface area contributed by atoms with Crippen LogP contribution >= 0.6 is 0 Å². The first-order valence-corrected chi connectivity index (χ1v) is 10.7. The summed E-state index contributed by atoms with van der Waals surface area (Å²) < 4.78 is 5.77. The van der Waals surface area contributed by atoms with Gasteiger partial charge in [-0.15, -0.1) is 0 Å². The molecule has 0 saturated heterocycles. The van der Waals surface area contributed by atoms with Gasteiger partial charge in [-0.2, -0.15) is 0 Å². The zero-order valence-electron chi connectivity index (χ0n) is 18.6. The van der Waals surface area contributed by atoms with Gasteiger partial charge in [-0.05, 0) is 48.4 Å². The van der Waals surface area contributed by atoms with Crippen molar-refractivity contribution < 1.29 is 14.3 Å². The number of hydrogen-bond donors (Lipinski definition) is 3. The first kappa shape index (κ1) is 21.7. The number of furan rings is 1. The van der Waals surface area contributed by atoms with E-state index in [1.54, 1.807) is 32.5 Å². The lowest BCUT2D eigenvalue weighted by Gasteiger charge is -2.21. The van der Waals surface area contributed by atoms with Crippen LogP contribution in [0.15, 0.2) is 44.5 Å². The molecule has 1 amide bonds. The number of amides is 1. The minimum absolute atomic E-state index is 0.0704. The van der Waals surface area contributed by atoms with Gasteiger partial charge < -0.3 is 25.1 Å². The number of hydrogen-bond acceptors (Lipinski definition) is 7. The Morgan fingerprint density at radius 3 is 2.44 bits per heavy atom. The lowest BCUT2D eigenvalue weighted by molar-refractivity contribution is 0.0824. The predicted molar refractivity (Wildman–Crippen MR) is 123 cm³/mol. The molecule has 0 aliphatic heterocycles. The first-order valence-electron chi connectivity index (χ1n) is 10.7. The summed E-state index contributed by atoms with van der Waals surface area (Å²) in [5.41, 5.74) is 0.293. The Labute approximate surface area is 185 Å². The average Bonchev–Trinajstić information content (AvgIpc) is 3.48. The molecule has 1 fully saturated rings. The van der Waals surface area contributed by atoms with Crippen LogP contribution in [0.3, 0.4) is 0 Å². The molecular formula is C24H27N3O5. The van der Waals surface area contributed by atoms with Gasteiger partial charge in [0.05, 0.1) is 23.6 Å². The van der Waals surface area contributed by atoms with Crippen LogP contribution in [0.5, 0.6) is 5.75 Å². The molecule has 8 nitrogen and oxygen atoms in total. The van der Waals surface area contributed by atoms with Gasteiger partial charge in [-0.3, -0.25) is 14.4 Å². The van der Waals surface area contributed by atoms with Crippen LogP contribution < -0.4 is 21.5 Å². The lowest BCUT2D eigenvalue weighted by atomic mass is 10.0. The summed E-state index contributed by atoms with van der Waals surface area (Å²) in [4.78, 5) is 38.3. The molecule has 1 saturated carbocycles. The number of rotatable bonds is 8. The molecule has 0 radical (unpaired) electrons. The Morgan fingerprint density at radius 2 is 1.84 bits per heavy atom. The topological polar surface area (TPSA) is 112 Å². The third-order valence-electron chi connectivity index (χ3n) is 5.85. The molecule has 8 heteroatoms. The van der Waals surface area contributed by atoms with Crippen LogP contribution in [0.2, 0.25) is 0 Å². The monoisotopic (exact) mass is 437 g/mol. The third-order valence-corrected chi connectivity index (χ3v) is 5.85. The zero-order chi connectivity index (χ0) is 23.2. The summed E-state index contributed by atoms with van der Waals surface area (Å²) in [5.74, 6) is 0.707. The van der Waals surface area contributed by atoms with Crippen molar-refractivity contribution in [2.45, 2.75) is 38.6 Å². The van der Waals surface area contributed by atoms with Crippen LogP contribution in [0.25, 0.3) is 0 Å². The molecule has 168 valence electrons. The molecule has 3 N–H and O–H groups in total. The number of phenols is 1. The number of para-hydroxylation sites is 1. The average molecular weight is 437 g/mol. The molecule has 1 heterocycles. The summed E-state index contributed by atoms with van der Waals surface area (Å²) in [5, 5.41) is 16.6. The minimum atomic E-state index is -0.673. The number of nitrogens with zero attached hydrogens (tertiary/aromatic N) is 1. The van der Waals surface area contributed by atoms with Crippen molar-refractivity contribution in [3.05, 3.63) is 67.9 Å². The molecule has 3 aromatic rings. The first-order chi connectivity index (χ1) is 15.2. The summed E-state index contributed by atoms with van der Waals surface area (Å²) >= 11 is 0. The molecule has 1 atom stereocenters. The number of anilines is 3. The van der Waals surface area contributed by atoms with Crippen molar-refractivity contribution in [3.63, 3.8) is 0 Å². The van der Waals surface area contributed by atoms with Gasteiger partial charge in [-0.1, -0.05) is 19.9 Å². The Bertz CT molecular complexity index is 1230. The van der Waals surface area contributed by atoms with Gasteiger partial charge in [-0.25, -0.2) is 0 Å². The molecule has 4 rings (SSSR count). The van der Waals surface area contributed by atoms with Crippen LogP contribution in [0.1, 0.15) is 60.3 Å². The Hall–Kier alpha value is -3.55. The number of carbonyl (C=O) groups excluding carboxylic acids is 1. The summed E-state index contributed by atoms with van der Waals surface area (Å²) in [6, 6.07) is 6.41. The molecule has 32 heavy (non-hydrogen) atoms. The summed E-state index contributed by atoms with van der Waals surface area (Å²) in [6.45, 7) is 4.16. The number of carbonyl (C=O) groups is 1. The number of aromatic hydroxyl groups is 1. The fourth-order valence-corrected chi connectivity index (χ4v) is 3.68. The Kier molecular flexibility index (Phi) is 5.54. The van der Waals surface area contributed by atoms with E-state index in [0.29, 0.717) is 11.8 Å². The normalized spacial score (nSPS) is 14.5. The largest absolute Gasteiger partial charge is 0.505 e. The quantitative estimate of drug-likeness (QED) is 0.364. The molecule has 2 aromatic carbocycles. The van der Waals surface area contributed by atoms with E-state index in [1.165, 1.54) is 11.0 Å². The molecular weight excluding hydrogens is 410 g/mol. The molecule has 0 unspecified atom stereocenters. The van der Waals surface area contributed by atoms with Crippen molar-refractivity contribution >= 4 is 23.0 Å². The highest BCUT2D eigenvalue weighted by Gasteiger charge is 2.37. The smallest absolute Gasteiger partial charge is 0.257 e. The van der Waals surface area contributed by atoms with Gasteiger partial charge in [0.15, 0.2) is 5.75 Å². The highest BCUT2D eigenvalue weighted by Crippen LogP contribution is 2.44. The zero-order valence-corrected chi connectivity index (χ0v) is 18.6. The van der Waals surface area contributed by atoms with Crippen molar-refractivity contribution in [2.24, 2.45) is 5.92 Å². The maximum absolute atomic E-state index is 12.4. The van der Waals surface area contributed by atoms with E-state index in [-0.39, 0.29) is 40.3 Å². The standard InChI is InChI=1S/C24H27N3O5/c1-12(2)14-10-17(32-11-14)18(13-8-9-13)26-20-19(22(29)23(20)30)25-16-7-5-6-15(21(16)28)24(31)27(3)4/h5-7,10-13,18,25-26,28H,8-9H2,1-4H3/t18-/m1/s1. The van der Waals surface area contributed by atoms with Crippen molar-refractivity contribution in [3.8, 4) is 5.75 Å². The fraction of sp³-hybridized carbons (Fsp3) is 0.375. The van der Waals surface area contributed by atoms with Crippen LogP contribution in [-0.4, -0.2) is 30.0 Å². The minimum Gasteiger partial charge on any atom is -0.505 e. The van der Waals surface area contributed by atoms with E-state index in [9.17, 15) is 19.5 Å². The van der Waals surface area contributed by atoms with E-state index in [1.807, 2.05) is 6.07 Å². The molecule has 0 spiro atoms. The molecule has 0 bridgehead atoms. The van der Waals surface area contributed by atoms with Gasteiger partial charge in [0.25, 0.3) is 16.8 Å². The van der Waals surface area contributed by atoms with Crippen molar-refractivity contribution in [2.75, 3.05) is 24.7 Å². The van der Waals surface area contributed by atoms with Gasteiger partial charge in [0.2, 0.25) is 0 Å². The summed E-state index contributed by atoms with van der Waals surface area (Å²) in [6.07, 6.45) is 3.73. The summed E-state index contributed by atoms with van der Waals surface area (Å²) in [7, 11) is 3.16.